The summed E-state index contributed by atoms with van der Waals surface area (Å²) in [6.07, 6.45) is 4.42. The molecule has 50 heavy (non-hydrogen) atoms. The number of amides is 5. The second-order valence-corrected chi connectivity index (χ2v) is 15.1. The fraction of sp³-hybridized carbons (Fsp3) is 0.459. The zero-order chi connectivity index (χ0) is 35.2. The van der Waals surface area contributed by atoms with Gasteiger partial charge in [-0.3, -0.25) is 24.3 Å². The molecule has 2 fully saturated rings. The third-order valence-electron chi connectivity index (χ3n) is 9.76. The smallest absolute Gasteiger partial charge is 0.329 e. The second-order valence-electron chi connectivity index (χ2n) is 14.2. The summed E-state index contributed by atoms with van der Waals surface area (Å²) in [6.45, 7) is 6.95. The van der Waals surface area contributed by atoms with E-state index >= 15 is 0 Å². The molecular weight excluding hydrogens is 659 g/mol. The van der Waals surface area contributed by atoms with Crippen molar-refractivity contribution in [3.05, 3.63) is 81.3 Å². The van der Waals surface area contributed by atoms with Crippen molar-refractivity contribution in [1.82, 2.24) is 24.6 Å². The fourth-order valence-corrected chi connectivity index (χ4v) is 8.03. The number of hydrogen-bond donors (Lipinski definition) is 0. The van der Waals surface area contributed by atoms with E-state index in [-0.39, 0.29) is 24.6 Å². The molecule has 0 aliphatic carbocycles. The molecule has 1 aromatic heterocycles. The van der Waals surface area contributed by atoms with Crippen molar-refractivity contribution < 1.29 is 33.4 Å². The highest BCUT2D eigenvalue weighted by Crippen LogP contribution is 2.41. The molecule has 3 atom stereocenters. The van der Waals surface area contributed by atoms with E-state index in [0.717, 1.165) is 24.0 Å². The highest BCUT2D eigenvalue weighted by atomic mass is 32.1. The highest BCUT2D eigenvalue weighted by Gasteiger charge is 2.45. The first kappa shape index (κ1) is 33.7. The van der Waals surface area contributed by atoms with Crippen LogP contribution in [0.4, 0.5) is 4.79 Å². The average molecular weight is 700 g/mol. The predicted octanol–water partition coefficient (Wildman–Crippen LogP) is 4.95. The molecule has 7 rings (SSSR count). The van der Waals surface area contributed by atoms with E-state index in [9.17, 15) is 24.0 Å². The molecule has 13 heteroatoms. The summed E-state index contributed by atoms with van der Waals surface area (Å²) in [6, 6.07) is 10.6. The number of thiazole rings is 1. The van der Waals surface area contributed by atoms with Gasteiger partial charge in [-0.1, -0.05) is 24.3 Å². The Morgan fingerprint density at radius 3 is 2.38 bits per heavy atom. The van der Waals surface area contributed by atoms with Gasteiger partial charge in [0, 0.05) is 31.6 Å². The maximum Gasteiger partial charge on any atom is 0.329 e. The molecule has 0 saturated carbocycles. The van der Waals surface area contributed by atoms with Crippen molar-refractivity contribution in [2.45, 2.75) is 76.7 Å². The van der Waals surface area contributed by atoms with Crippen molar-refractivity contribution >= 4 is 41.1 Å². The summed E-state index contributed by atoms with van der Waals surface area (Å²) < 4.78 is 12.4. The van der Waals surface area contributed by atoms with Gasteiger partial charge in [0.1, 0.15) is 28.4 Å². The Morgan fingerprint density at radius 1 is 0.920 bits per heavy atom. The van der Waals surface area contributed by atoms with Crippen molar-refractivity contribution in [3.8, 4) is 5.75 Å². The minimum Gasteiger partial charge on any atom is -0.488 e. The number of esters is 1. The fourth-order valence-electron chi connectivity index (χ4n) is 7.44. The molecule has 0 bridgehead atoms. The van der Waals surface area contributed by atoms with E-state index in [1.165, 1.54) is 16.2 Å². The Hall–Kier alpha value is -4.78. The number of aromatic nitrogens is 1. The van der Waals surface area contributed by atoms with Gasteiger partial charge < -0.3 is 24.2 Å². The third-order valence-corrected chi connectivity index (χ3v) is 10.5. The van der Waals surface area contributed by atoms with E-state index in [4.69, 9.17) is 9.47 Å². The maximum atomic E-state index is 14.7. The van der Waals surface area contributed by atoms with E-state index in [2.05, 4.69) is 4.98 Å². The Labute approximate surface area is 294 Å². The molecule has 4 aliphatic rings. The zero-order valence-electron chi connectivity index (χ0n) is 28.5. The van der Waals surface area contributed by atoms with Crippen LogP contribution in [0.1, 0.15) is 94.0 Å². The molecule has 262 valence electrons. The third kappa shape index (κ3) is 6.46. The van der Waals surface area contributed by atoms with Crippen LogP contribution >= 0.6 is 11.3 Å². The Morgan fingerprint density at radius 2 is 1.68 bits per heavy atom. The van der Waals surface area contributed by atoms with Crippen LogP contribution in [-0.2, 0) is 16.0 Å². The molecule has 2 aromatic carbocycles. The molecule has 3 aromatic rings. The summed E-state index contributed by atoms with van der Waals surface area (Å²) in [5.74, 6) is -0.819. The molecule has 4 aliphatic heterocycles. The van der Waals surface area contributed by atoms with Crippen molar-refractivity contribution in [2.24, 2.45) is 0 Å². The van der Waals surface area contributed by atoms with Crippen LogP contribution in [0, 0.1) is 0 Å². The SMILES string of the molecule is CC(C)(C)OC(=O)C1CCCCN1C(=O)N1CCc2cccc(O[C@H]3CCN(C(=O)c4cncs4)C3)c2[C@H]1CN1C(=O)c2ccccc2C1=O. The second kappa shape index (κ2) is 13.5. The summed E-state index contributed by atoms with van der Waals surface area (Å²) in [5.41, 5.74) is 3.25. The van der Waals surface area contributed by atoms with Crippen LogP contribution in [0.3, 0.4) is 0 Å². The number of ether oxygens (including phenoxy) is 2. The molecule has 5 amide bonds. The summed E-state index contributed by atoms with van der Waals surface area (Å²) in [7, 11) is 0. The van der Waals surface area contributed by atoms with Crippen molar-refractivity contribution in [2.75, 3.05) is 32.7 Å². The van der Waals surface area contributed by atoms with E-state index in [1.807, 2.05) is 18.2 Å². The van der Waals surface area contributed by atoms with Gasteiger partial charge in [-0.05, 0) is 70.2 Å². The van der Waals surface area contributed by atoms with Crippen LogP contribution in [-0.4, -0.2) is 105 Å². The number of piperidine rings is 1. The largest absolute Gasteiger partial charge is 0.488 e. The molecule has 0 spiro atoms. The number of hydrogen-bond acceptors (Lipinski definition) is 9. The van der Waals surface area contributed by atoms with Gasteiger partial charge in [-0.2, -0.15) is 0 Å². The number of urea groups is 1. The van der Waals surface area contributed by atoms with Crippen molar-refractivity contribution in [3.63, 3.8) is 0 Å². The first-order valence-electron chi connectivity index (χ1n) is 17.2. The Balaban J connectivity index is 1.21. The van der Waals surface area contributed by atoms with Gasteiger partial charge in [-0.15, -0.1) is 11.3 Å². The molecule has 0 radical (unpaired) electrons. The van der Waals surface area contributed by atoms with E-state index < -0.39 is 35.5 Å². The average Bonchev–Trinajstić information content (AvgIpc) is 3.86. The summed E-state index contributed by atoms with van der Waals surface area (Å²) >= 11 is 1.30. The first-order valence-corrected chi connectivity index (χ1v) is 18.1. The van der Waals surface area contributed by atoms with Gasteiger partial charge in [0.25, 0.3) is 17.7 Å². The summed E-state index contributed by atoms with van der Waals surface area (Å²) in [4.78, 5) is 79.3. The zero-order valence-corrected chi connectivity index (χ0v) is 29.3. The van der Waals surface area contributed by atoms with Gasteiger partial charge in [-0.25, -0.2) is 9.59 Å². The van der Waals surface area contributed by atoms with Crippen LogP contribution in [0.15, 0.2) is 54.2 Å². The molecule has 2 saturated heterocycles. The number of imide groups is 1. The van der Waals surface area contributed by atoms with E-state index in [1.54, 1.807) is 71.4 Å². The maximum absolute atomic E-state index is 14.7. The van der Waals surface area contributed by atoms with Crippen LogP contribution in [0.25, 0.3) is 0 Å². The Kier molecular flexibility index (Phi) is 9.10. The van der Waals surface area contributed by atoms with Gasteiger partial charge in [0.05, 0.1) is 42.0 Å². The number of nitrogens with zero attached hydrogens (tertiary/aromatic N) is 5. The highest BCUT2D eigenvalue weighted by molar-refractivity contribution is 7.11. The Bertz CT molecular complexity index is 1790. The lowest BCUT2D eigenvalue weighted by Gasteiger charge is -2.44. The minimum absolute atomic E-state index is 0.0863. The quantitative estimate of drug-likeness (QED) is 0.261. The van der Waals surface area contributed by atoms with E-state index in [0.29, 0.717) is 67.2 Å². The van der Waals surface area contributed by atoms with Crippen molar-refractivity contribution in [1.29, 1.82) is 0 Å². The lowest BCUT2D eigenvalue weighted by atomic mass is 9.91. The normalized spacial score (nSPS) is 22.0. The van der Waals surface area contributed by atoms with Crippen LogP contribution < -0.4 is 4.74 Å². The summed E-state index contributed by atoms with van der Waals surface area (Å²) in [5, 5.41) is 0. The number of fused-ring (bicyclic) bond motifs is 2. The molecular formula is C37H41N5O7S. The monoisotopic (exact) mass is 699 g/mol. The number of benzene rings is 2. The van der Waals surface area contributed by atoms with Crippen LogP contribution in [0.5, 0.6) is 5.75 Å². The first-order chi connectivity index (χ1) is 24.0. The van der Waals surface area contributed by atoms with Crippen LogP contribution in [0.2, 0.25) is 0 Å². The number of carbonyl (C=O) groups is 5. The minimum atomic E-state index is -0.748. The van der Waals surface area contributed by atoms with Gasteiger partial charge >= 0.3 is 12.0 Å². The van der Waals surface area contributed by atoms with Gasteiger partial charge in [0.2, 0.25) is 0 Å². The van der Waals surface area contributed by atoms with Gasteiger partial charge in [0.15, 0.2) is 0 Å². The lowest BCUT2D eigenvalue weighted by molar-refractivity contribution is -0.161. The number of rotatable bonds is 6. The predicted molar refractivity (Wildman–Crippen MR) is 184 cm³/mol. The molecule has 1 unspecified atom stereocenters. The molecule has 12 nitrogen and oxygen atoms in total. The lowest BCUT2D eigenvalue weighted by Crippen LogP contribution is -2.57. The standard InChI is InChI=1S/C37H41N5O7S/c1-37(2,3)49-35(46)27-12-6-7-16-40(27)36(47)41-18-14-23-9-8-13-29(48-24-15-17-39(20-24)34(45)30-19-38-22-50-30)31(23)28(41)21-42-32(43)25-10-4-5-11-26(25)33(42)44/h4-5,8-11,13,19,22,24,27-28H,6-7,12,14-18,20-21H2,1-3H3/t24-,27?,28+/m0/s1. The molecule has 0 N–H and O–H groups in total. The topological polar surface area (TPSA) is 130 Å². The number of carbonyl (C=O) groups excluding carboxylic acids is 5. The molecule has 5 heterocycles. The number of likely N-dealkylation sites (tertiary alicyclic amines) is 2.